The van der Waals surface area contributed by atoms with Gasteiger partial charge in [-0.1, -0.05) is 32.6 Å². The summed E-state index contributed by atoms with van der Waals surface area (Å²) in [6, 6.07) is 0. The summed E-state index contributed by atoms with van der Waals surface area (Å²) in [7, 11) is 0. The van der Waals surface area contributed by atoms with Crippen LogP contribution in [0.15, 0.2) is 11.8 Å². The van der Waals surface area contributed by atoms with Crippen LogP contribution in [0.1, 0.15) is 51.9 Å². The zero-order valence-corrected chi connectivity index (χ0v) is 13.6. The van der Waals surface area contributed by atoms with Gasteiger partial charge in [0.05, 0.1) is 0 Å². The van der Waals surface area contributed by atoms with Crippen LogP contribution in [0.4, 0.5) is 14.4 Å². The molecule has 1 atom stereocenters. The van der Waals surface area contributed by atoms with E-state index in [1.54, 1.807) is 6.08 Å². The molecule has 0 aliphatic carbocycles. The Hall–Kier alpha value is -2.45. The molecule has 0 aromatic rings. The second-order valence-corrected chi connectivity index (χ2v) is 5.03. The number of ether oxygens (including phenoxy) is 3. The second-order valence-electron chi connectivity index (χ2n) is 5.03. The van der Waals surface area contributed by atoms with Gasteiger partial charge in [0, 0.05) is 6.42 Å². The SMILES string of the molecule is CCCCCCCC=C(CC(COC(=O)O)OC(=O)O)OC(=O)O. The summed E-state index contributed by atoms with van der Waals surface area (Å²) in [5, 5.41) is 25.8. The molecule has 0 bridgehead atoms. The molecule has 24 heavy (non-hydrogen) atoms. The number of hydrogen-bond acceptors (Lipinski definition) is 6. The van der Waals surface area contributed by atoms with Gasteiger partial charge in [-0.25, -0.2) is 14.4 Å². The Kier molecular flexibility index (Phi) is 11.7. The lowest BCUT2D eigenvalue weighted by Gasteiger charge is -2.16. The van der Waals surface area contributed by atoms with Gasteiger partial charge in [-0.2, -0.15) is 0 Å². The first-order chi connectivity index (χ1) is 11.3. The van der Waals surface area contributed by atoms with E-state index in [9.17, 15) is 14.4 Å². The number of hydrogen-bond donors (Lipinski definition) is 3. The van der Waals surface area contributed by atoms with Crippen LogP contribution in [-0.2, 0) is 14.2 Å². The van der Waals surface area contributed by atoms with E-state index in [2.05, 4.69) is 21.1 Å². The van der Waals surface area contributed by atoms with Crippen molar-refractivity contribution in [2.24, 2.45) is 0 Å². The molecule has 0 saturated carbocycles. The van der Waals surface area contributed by atoms with E-state index in [1.807, 2.05) is 0 Å². The molecule has 9 heteroatoms. The molecule has 0 spiro atoms. The molecule has 0 radical (unpaired) electrons. The Morgan fingerprint density at radius 2 is 1.62 bits per heavy atom. The number of rotatable bonds is 12. The van der Waals surface area contributed by atoms with Crippen molar-refractivity contribution in [3.63, 3.8) is 0 Å². The van der Waals surface area contributed by atoms with Crippen molar-refractivity contribution in [3.05, 3.63) is 11.8 Å². The molecular weight excluding hydrogens is 324 g/mol. The molecule has 0 amide bonds. The normalized spacial score (nSPS) is 12.3. The Balaban J connectivity index is 4.63. The standard InChI is InChI=1S/C15H24O9/c1-2-3-4-5-6-7-8-11(23-14(18)19)9-12(24-15(20)21)10-22-13(16)17/h8,12H,2-7,9-10H2,1H3,(H,16,17)(H,18,19)(H,20,21). The van der Waals surface area contributed by atoms with Crippen LogP contribution in [0.2, 0.25) is 0 Å². The number of unbranched alkanes of at least 4 members (excludes halogenated alkanes) is 5. The molecule has 0 aliphatic heterocycles. The van der Waals surface area contributed by atoms with Gasteiger partial charge in [0.2, 0.25) is 0 Å². The van der Waals surface area contributed by atoms with Crippen LogP contribution in [0.25, 0.3) is 0 Å². The third kappa shape index (κ3) is 13.2. The smallest absolute Gasteiger partial charge is 0.450 e. The monoisotopic (exact) mass is 348 g/mol. The second kappa shape index (κ2) is 13.0. The average Bonchev–Trinajstić information content (AvgIpc) is 2.47. The minimum atomic E-state index is -1.62. The molecule has 0 aromatic heterocycles. The van der Waals surface area contributed by atoms with Crippen molar-refractivity contribution in [3.8, 4) is 0 Å². The van der Waals surface area contributed by atoms with Crippen molar-refractivity contribution >= 4 is 18.5 Å². The van der Waals surface area contributed by atoms with Crippen LogP contribution in [-0.4, -0.2) is 46.5 Å². The van der Waals surface area contributed by atoms with E-state index < -0.39 is 31.2 Å². The zero-order valence-electron chi connectivity index (χ0n) is 13.6. The quantitative estimate of drug-likeness (QED) is 0.206. The largest absolute Gasteiger partial charge is 0.511 e. The molecule has 3 N–H and O–H groups in total. The summed E-state index contributed by atoms with van der Waals surface area (Å²) in [6.07, 6.45) is 1.07. The van der Waals surface area contributed by atoms with Gasteiger partial charge in [0.1, 0.15) is 18.5 Å². The molecule has 0 saturated heterocycles. The molecule has 0 aliphatic rings. The van der Waals surface area contributed by atoms with Gasteiger partial charge in [-0.15, -0.1) is 0 Å². The van der Waals surface area contributed by atoms with E-state index >= 15 is 0 Å². The van der Waals surface area contributed by atoms with Gasteiger partial charge in [0.25, 0.3) is 0 Å². The Morgan fingerprint density at radius 1 is 0.958 bits per heavy atom. The molecule has 0 aromatic carbocycles. The first-order valence-electron chi connectivity index (χ1n) is 7.70. The maximum absolute atomic E-state index is 10.7. The van der Waals surface area contributed by atoms with E-state index in [4.69, 9.17) is 15.3 Å². The first-order valence-corrected chi connectivity index (χ1v) is 7.70. The number of carbonyl (C=O) groups is 3. The summed E-state index contributed by atoms with van der Waals surface area (Å²) in [5.74, 6) is -0.00164. The number of carboxylic acid groups (broad SMARTS) is 3. The highest BCUT2D eigenvalue weighted by atomic mass is 16.7. The minimum absolute atomic E-state index is 0.00164. The third-order valence-corrected chi connectivity index (χ3v) is 2.99. The lowest BCUT2D eigenvalue weighted by atomic mass is 10.1. The molecule has 0 rings (SSSR count). The van der Waals surface area contributed by atoms with Gasteiger partial charge < -0.3 is 29.5 Å². The van der Waals surface area contributed by atoms with Gasteiger partial charge in [0.15, 0.2) is 0 Å². The highest BCUT2D eigenvalue weighted by Gasteiger charge is 2.20. The molecule has 0 heterocycles. The lowest BCUT2D eigenvalue weighted by molar-refractivity contribution is 0.000281. The topological polar surface area (TPSA) is 140 Å². The maximum atomic E-state index is 10.7. The highest BCUT2D eigenvalue weighted by Crippen LogP contribution is 2.15. The summed E-state index contributed by atoms with van der Waals surface area (Å²) < 4.78 is 13.4. The van der Waals surface area contributed by atoms with Crippen molar-refractivity contribution in [1.29, 1.82) is 0 Å². The Morgan fingerprint density at radius 3 is 2.17 bits per heavy atom. The predicted octanol–water partition coefficient (Wildman–Crippen LogP) is 4.07. The maximum Gasteiger partial charge on any atom is 0.511 e. The molecule has 138 valence electrons. The lowest BCUT2D eigenvalue weighted by Crippen LogP contribution is -2.25. The van der Waals surface area contributed by atoms with Crippen LogP contribution < -0.4 is 0 Å². The molecule has 1 unspecified atom stereocenters. The summed E-state index contributed by atoms with van der Waals surface area (Å²) >= 11 is 0. The summed E-state index contributed by atoms with van der Waals surface area (Å²) in [5.41, 5.74) is 0. The third-order valence-electron chi connectivity index (χ3n) is 2.99. The van der Waals surface area contributed by atoms with Crippen LogP contribution in [0, 0.1) is 0 Å². The summed E-state index contributed by atoms with van der Waals surface area (Å²) in [6.45, 7) is 1.54. The van der Waals surface area contributed by atoms with Crippen molar-refractivity contribution in [1.82, 2.24) is 0 Å². The Labute approximate surface area is 139 Å². The summed E-state index contributed by atoms with van der Waals surface area (Å²) in [4.78, 5) is 31.7. The first kappa shape index (κ1) is 21.6. The average molecular weight is 348 g/mol. The van der Waals surface area contributed by atoms with E-state index in [1.165, 1.54) is 0 Å². The fraction of sp³-hybridized carbons (Fsp3) is 0.667. The minimum Gasteiger partial charge on any atom is -0.450 e. The van der Waals surface area contributed by atoms with Crippen molar-refractivity contribution in [2.45, 2.75) is 58.0 Å². The van der Waals surface area contributed by atoms with Crippen LogP contribution in [0.3, 0.4) is 0 Å². The zero-order chi connectivity index (χ0) is 18.4. The van der Waals surface area contributed by atoms with Crippen molar-refractivity contribution in [2.75, 3.05) is 6.61 Å². The van der Waals surface area contributed by atoms with E-state index in [0.29, 0.717) is 6.42 Å². The van der Waals surface area contributed by atoms with E-state index in [0.717, 1.165) is 32.1 Å². The fourth-order valence-corrected chi connectivity index (χ4v) is 1.96. The Bertz CT molecular complexity index is 431. The fourth-order valence-electron chi connectivity index (χ4n) is 1.96. The van der Waals surface area contributed by atoms with Gasteiger partial charge >= 0.3 is 18.5 Å². The molecule has 9 nitrogen and oxygen atoms in total. The van der Waals surface area contributed by atoms with Crippen LogP contribution >= 0.6 is 0 Å². The highest BCUT2D eigenvalue weighted by molar-refractivity contribution is 5.59. The predicted molar refractivity (Wildman–Crippen MR) is 82.1 cm³/mol. The van der Waals surface area contributed by atoms with Crippen LogP contribution in [0.5, 0.6) is 0 Å². The molecular formula is C15H24O9. The van der Waals surface area contributed by atoms with Gasteiger partial charge in [-0.3, -0.25) is 0 Å². The molecule has 0 fully saturated rings. The number of allylic oxidation sites excluding steroid dienone is 1. The van der Waals surface area contributed by atoms with Crippen molar-refractivity contribution < 1.29 is 43.9 Å². The van der Waals surface area contributed by atoms with E-state index in [-0.39, 0.29) is 12.2 Å². The van der Waals surface area contributed by atoms with Gasteiger partial charge in [-0.05, 0) is 18.9 Å².